The average molecular weight is 822 g/mol. The van der Waals surface area contributed by atoms with E-state index in [9.17, 15) is 0 Å². The molecular formula is C60H43N3O. The molecule has 304 valence electrons. The smallest absolute Gasteiger partial charge is 0.159 e. The van der Waals surface area contributed by atoms with E-state index in [1.54, 1.807) is 0 Å². The van der Waals surface area contributed by atoms with E-state index in [0.29, 0.717) is 0 Å². The van der Waals surface area contributed by atoms with Crippen LogP contribution < -0.4 is 14.7 Å². The fraction of sp³-hybridized carbons (Fsp3) is 0. The van der Waals surface area contributed by atoms with Crippen LogP contribution in [0.25, 0.3) is 44.2 Å². The monoisotopic (exact) mass is 821 g/mol. The van der Waals surface area contributed by atoms with Crippen LogP contribution in [0.4, 0.5) is 51.2 Å². The zero-order chi connectivity index (χ0) is 42.7. The number of furan rings is 1. The van der Waals surface area contributed by atoms with Crippen LogP contribution in [0.1, 0.15) is 0 Å². The Bertz CT molecular complexity index is 3030. The summed E-state index contributed by atoms with van der Waals surface area (Å²) >= 11 is 0. The van der Waals surface area contributed by atoms with Crippen LogP contribution in [0, 0.1) is 0 Å². The van der Waals surface area contributed by atoms with E-state index in [-0.39, 0.29) is 0 Å². The van der Waals surface area contributed by atoms with Crippen molar-refractivity contribution in [3.05, 3.63) is 261 Å². The van der Waals surface area contributed by atoms with Gasteiger partial charge in [0.1, 0.15) is 5.58 Å². The summed E-state index contributed by atoms with van der Waals surface area (Å²) < 4.78 is 6.63. The van der Waals surface area contributed by atoms with Crippen molar-refractivity contribution in [1.82, 2.24) is 0 Å². The molecule has 0 bridgehead atoms. The van der Waals surface area contributed by atoms with Gasteiger partial charge in [-0.1, -0.05) is 152 Å². The second-order valence-corrected chi connectivity index (χ2v) is 15.8. The molecule has 0 aliphatic heterocycles. The SMILES string of the molecule is c1ccc(N(c2ccccc2)c2ccc(-c3ccc(N(c4ccc(-c5ccc(N(c6ccccc6)c6ccccc6)cc5)cc4)c4cccc5c4oc4ccccc45)cc3)cc2)cc1. The predicted molar refractivity (Wildman–Crippen MR) is 269 cm³/mol. The summed E-state index contributed by atoms with van der Waals surface area (Å²) in [7, 11) is 0. The highest BCUT2D eigenvalue weighted by molar-refractivity contribution is 6.10. The van der Waals surface area contributed by atoms with Crippen LogP contribution in [0.3, 0.4) is 0 Å². The Balaban J connectivity index is 0.929. The van der Waals surface area contributed by atoms with Crippen LogP contribution in [0.2, 0.25) is 0 Å². The highest BCUT2D eigenvalue weighted by Gasteiger charge is 2.20. The fourth-order valence-corrected chi connectivity index (χ4v) is 8.75. The van der Waals surface area contributed by atoms with Crippen molar-refractivity contribution < 1.29 is 4.42 Å². The third kappa shape index (κ3) is 7.44. The first-order valence-corrected chi connectivity index (χ1v) is 21.7. The Kier molecular flexibility index (Phi) is 10.2. The van der Waals surface area contributed by atoms with Crippen molar-refractivity contribution in [2.75, 3.05) is 14.7 Å². The summed E-state index contributed by atoms with van der Waals surface area (Å²) in [6.45, 7) is 0. The number of rotatable bonds is 11. The second kappa shape index (κ2) is 17.0. The Morgan fingerprint density at radius 3 is 0.891 bits per heavy atom. The van der Waals surface area contributed by atoms with E-state index in [1.165, 1.54) is 0 Å². The summed E-state index contributed by atoms with van der Waals surface area (Å²) in [6, 6.07) is 92.1. The predicted octanol–water partition coefficient (Wildman–Crippen LogP) is 17.3. The lowest BCUT2D eigenvalue weighted by Gasteiger charge is -2.26. The maximum Gasteiger partial charge on any atom is 0.159 e. The van der Waals surface area contributed by atoms with Crippen molar-refractivity contribution in [2.45, 2.75) is 0 Å². The summed E-state index contributed by atoms with van der Waals surface area (Å²) in [6.07, 6.45) is 0. The van der Waals surface area contributed by atoms with Crippen LogP contribution in [-0.4, -0.2) is 0 Å². The number of anilines is 9. The molecule has 0 spiro atoms. The summed E-state index contributed by atoms with van der Waals surface area (Å²) in [5, 5.41) is 2.19. The van der Waals surface area contributed by atoms with Gasteiger partial charge in [-0.2, -0.15) is 0 Å². The molecule has 11 rings (SSSR count). The number of para-hydroxylation sites is 6. The van der Waals surface area contributed by atoms with Gasteiger partial charge in [0.25, 0.3) is 0 Å². The van der Waals surface area contributed by atoms with Gasteiger partial charge in [-0.3, -0.25) is 0 Å². The number of hydrogen-bond acceptors (Lipinski definition) is 4. The van der Waals surface area contributed by atoms with Crippen LogP contribution in [0.5, 0.6) is 0 Å². The summed E-state index contributed by atoms with van der Waals surface area (Å²) in [5.74, 6) is 0. The third-order valence-corrected chi connectivity index (χ3v) is 11.9. The molecule has 1 heterocycles. The lowest BCUT2D eigenvalue weighted by Crippen LogP contribution is -2.10. The topological polar surface area (TPSA) is 22.9 Å². The molecule has 0 N–H and O–H groups in total. The minimum Gasteiger partial charge on any atom is -0.454 e. The third-order valence-electron chi connectivity index (χ3n) is 11.9. The molecule has 0 aliphatic carbocycles. The van der Waals surface area contributed by atoms with Gasteiger partial charge in [0.05, 0.1) is 5.69 Å². The first-order chi connectivity index (χ1) is 31.7. The van der Waals surface area contributed by atoms with Gasteiger partial charge in [0, 0.05) is 56.3 Å². The second-order valence-electron chi connectivity index (χ2n) is 15.8. The first-order valence-electron chi connectivity index (χ1n) is 21.7. The average Bonchev–Trinajstić information content (AvgIpc) is 3.76. The minimum absolute atomic E-state index is 0.853. The van der Waals surface area contributed by atoms with E-state index in [1.807, 2.05) is 12.1 Å². The van der Waals surface area contributed by atoms with Crippen LogP contribution >= 0.6 is 0 Å². The van der Waals surface area contributed by atoms with Crippen molar-refractivity contribution in [3.63, 3.8) is 0 Å². The molecule has 0 atom stereocenters. The van der Waals surface area contributed by atoms with E-state index in [2.05, 4.69) is 263 Å². The molecule has 4 nitrogen and oxygen atoms in total. The lowest BCUT2D eigenvalue weighted by molar-refractivity contribution is 0.669. The molecule has 0 saturated carbocycles. The lowest BCUT2D eigenvalue weighted by atomic mass is 10.0. The Labute approximate surface area is 373 Å². The van der Waals surface area contributed by atoms with Crippen molar-refractivity contribution in [1.29, 1.82) is 0 Å². The molecular weight excluding hydrogens is 779 g/mol. The standard InChI is InChI=1S/C60H43N3O/c1-5-16-48(17-6-1)61(49-18-7-2-8-19-49)52-36-28-44(29-37-52)46-32-40-54(41-33-46)63(58-26-15-25-57-56-24-13-14-27-59(56)64-60(57)58)55-42-34-47(35-43-55)45-30-38-53(39-31-45)62(50-20-9-3-10-21-50)51-22-11-4-12-23-51/h1-43H. The highest BCUT2D eigenvalue weighted by atomic mass is 16.3. The van der Waals surface area contributed by atoms with E-state index in [4.69, 9.17) is 4.42 Å². The molecule has 4 heteroatoms. The van der Waals surface area contributed by atoms with Crippen LogP contribution in [0.15, 0.2) is 265 Å². The zero-order valence-electron chi connectivity index (χ0n) is 35.1. The Morgan fingerprint density at radius 2 is 0.516 bits per heavy atom. The van der Waals surface area contributed by atoms with Crippen LogP contribution in [-0.2, 0) is 0 Å². The van der Waals surface area contributed by atoms with E-state index >= 15 is 0 Å². The van der Waals surface area contributed by atoms with Gasteiger partial charge >= 0.3 is 0 Å². The number of nitrogens with zero attached hydrogens (tertiary/aromatic N) is 3. The normalized spacial score (nSPS) is 11.1. The molecule has 1 aromatic heterocycles. The number of fused-ring (bicyclic) bond motifs is 3. The van der Waals surface area contributed by atoms with Crippen molar-refractivity contribution in [3.8, 4) is 22.3 Å². The van der Waals surface area contributed by atoms with E-state index in [0.717, 1.165) is 95.4 Å². The molecule has 0 aliphatic rings. The molecule has 11 aromatic rings. The van der Waals surface area contributed by atoms with Gasteiger partial charge in [-0.15, -0.1) is 0 Å². The summed E-state index contributed by atoms with van der Waals surface area (Å²) in [4.78, 5) is 6.88. The zero-order valence-corrected chi connectivity index (χ0v) is 35.1. The maximum atomic E-state index is 6.63. The highest BCUT2D eigenvalue weighted by Crippen LogP contribution is 2.44. The molecule has 10 aromatic carbocycles. The minimum atomic E-state index is 0.853. The van der Waals surface area contributed by atoms with Gasteiger partial charge in [0.15, 0.2) is 5.58 Å². The Morgan fingerprint density at radius 1 is 0.219 bits per heavy atom. The molecule has 0 amide bonds. The number of hydrogen-bond donors (Lipinski definition) is 0. The van der Waals surface area contributed by atoms with Gasteiger partial charge in [-0.25, -0.2) is 0 Å². The molecule has 0 fully saturated rings. The molecule has 0 radical (unpaired) electrons. The van der Waals surface area contributed by atoms with Gasteiger partial charge < -0.3 is 19.1 Å². The summed E-state index contributed by atoms with van der Waals surface area (Å²) in [5.41, 5.74) is 16.0. The Hall–Kier alpha value is -8.60. The number of benzene rings is 10. The van der Waals surface area contributed by atoms with Gasteiger partial charge in [-0.05, 0) is 131 Å². The first kappa shape index (κ1) is 38.3. The largest absolute Gasteiger partial charge is 0.454 e. The maximum absolute atomic E-state index is 6.63. The van der Waals surface area contributed by atoms with Gasteiger partial charge in [0.2, 0.25) is 0 Å². The molecule has 64 heavy (non-hydrogen) atoms. The van der Waals surface area contributed by atoms with Crippen molar-refractivity contribution >= 4 is 73.1 Å². The quantitative estimate of drug-likeness (QED) is 0.130. The van der Waals surface area contributed by atoms with Crippen molar-refractivity contribution in [2.24, 2.45) is 0 Å². The fourth-order valence-electron chi connectivity index (χ4n) is 8.75. The molecule has 0 saturated heterocycles. The van der Waals surface area contributed by atoms with E-state index < -0.39 is 0 Å². The molecule has 0 unspecified atom stereocenters.